The van der Waals surface area contributed by atoms with Crippen LogP contribution in [-0.4, -0.2) is 44.9 Å². The standard InChI is InChI=1S/C22H26N6O2/c1-13(2)10-28-19-9-16(20-14(3)26-30-15(20)4)5-6-18(19)21(25-28)22(29)24-17-7-8-27(11-17)12-23/h5-6,9,13,17H,7-8,10-11H2,1-4H3,(H,24,29)/t17-/m1/s1. The van der Waals surface area contributed by atoms with Gasteiger partial charge in [0.1, 0.15) is 5.76 Å². The summed E-state index contributed by atoms with van der Waals surface area (Å²) in [5.41, 5.74) is 4.14. The van der Waals surface area contributed by atoms with Crippen molar-refractivity contribution in [2.75, 3.05) is 13.1 Å². The van der Waals surface area contributed by atoms with Crippen molar-refractivity contribution in [3.8, 4) is 17.3 Å². The van der Waals surface area contributed by atoms with Gasteiger partial charge in [-0.25, -0.2) is 0 Å². The zero-order valence-electron chi connectivity index (χ0n) is 17.8. The first-order chi connectivity index (χ1) is 14.4. The van der Waals surface area contributed by atoms with Gasteiger partial charge >= 0.3 is 0 Å². The van der Waals surface area contributed by atoms with E-state index < -0.39 is 0 Å². The first-order valence-corrected chi connectivity index (χ1v) is 10.3. The molecule has 4 rings (SSSR count). The Bertz CT molecular complexity index is 1120. The first-order valence-electron chi connectivity index (χ1n) is 10.3. The average Bonchev–Trinajstić information content (AvgIpc) is 3.39. The Kier molecular flexibility index (Phi) is 5.20. The largest absolute Gasteiger partial charge is 0.361 e. The van der Waals surface area contributed by atoms with Crippen molar-refractivity contribution < 1.29 is 9.32 Å². The molecule has 0 saturated carbocycles. The van der Waals surface area contributed by atoms with E-state index in [0.29, 0.717) is 31.2 Å². The van der Waals surface area contributed by atoms with Crippen LogP contribution in [0.1, 0.15) is 42.2 Å². The van der Waals surface area contributed by atoms with Crippen LogP contribution in [0.4, 0.5) is 0 Å². The van der Waals surface area contributed by atoms with Crippen molar-refractivity contribution in [3.05, 3.63) is 35.3 Å². The molecule has 0 bridgehead atoms. The summed E-state index contributed by atoms with van der Waals surface area (Å²) in [5.74, 6) is 0.950. The van der Waals surface area contributed by atoms with Crippen LogP contribution in [0.2, 0.25) is 0 Å². The number of nitrogens with one attached hydrogen (secondary N) is 1. The van der Waals surface area contributed by atoms with Crippen molar-refractivity contribution >= 4 is 16.8 Å². The molecule has 0 radical (unpaired) electrons. The first kappa shape index (κ1) is 20.0. The van der Waals surface area contributed by atoms with Crippen LogP contribution in [0.15, 0.2) is 22.7 Å². The fraction of sp³-hybridized carbons (Fsp3) is 0.455. The molecule has 8 nitrogen and oxygen atoms in total. The molecule has 3 heterocycles. The molecule has 0 spiro atoms. The molecule has 0 aliphatic carbocycles. The fourth-order valence-electron chi connectivity index (χ4n) is 4.10. The highest BCUT2D eigenvalue weighted by Crippen LogP contribution is 2.31. The number of hydrogen-bond acceptors (Lipinski definition) is 6. The number of aromatic nitrogens is 3. The van der Waals surface area contributed by atoms with Crippen molar-refractivity contribution in [3.63, 3.8) is 0 Å². The summed E-state index contributed by atoms with van der Waals surface area (Å²) in [4.78, 5) is 14.7. The Labute approximate surface area is 175 Å². The summed E-state index contributed by atoms with van der Waals surface area (Å²) in [7, 11) is 0. The zero-order valence-corrected chi connectivity index (χ0v) is 17.8. The lowest BCUT2D eigenvalue weighted by atomic mass is 10.0. The van der Waals surface area contributed by atoms with Crippen molar-refractivity contribution in [2.24, 2.45) is 5.92 Å². The number of carbonyl (C=O) groups is 1. The minimum Gasteiger partial charge on any atom is -0.361 e. The van der Waals surface area contributed by atoms with Gasteiger partial charge in [0.05, 0.1) is 11.2 Å². The van der Waals surface area contributed by atoms with Gasteiger partial charge in [0.2, 0.25) is 0 Å². The smallest absolute Gasteiger partial charge is 0.272 e. The lowest BCUT2D eigenvalue weighted by Crippen LogP contribution is -2.36. The second-order valence-corrected chi connectivity index (χ2v) is 8.36. The molecule has 1 atom stereocenters. The summed E-state index contributed by atoms with van der Waals surface area (Å²) in [5, 5.41) is 21.6. The van der Waals surface area contributed by atoms with E-state index in [0.717, 1.165) is 39.9 Å². The van der Waals surface area contributed by atoms with Crippen molar-refractivity contribution in [1.82, 2.24) is 25.2 Å². The minimum atomic E-state index is -0.197. The fourth-order valence-corrected chi connectivity index (χ4v) is 4.10. The van der Waals surface area contributed by atoms with Crippen LogP contribution in [0.3, 0.4) is 0 Å². The van der Waals surface area contributed by atoms with Gasteiger partial charge in [-0.15, -0.1) is 0 Å². The van der Waals surface area contributed by atoms with Crippen molar-refractivity contribution in [2.45, 2.75) is 46.7 Å². The van der Waals surface area contributed by atoms with Crippen LogP contribution < -0.4 is 5.32 Å². The van der Waals surface area contributed by atoms with E-state index in [9.17, 15) is 4.79 Å². The Morgan fingerprint density at radius 3 is 2.83 bits per heavy atom. The van der Waals surface area contributed by atoms with E-state index in [2.05, 4.69) is 41.7 Å². The highest BCUT2D eigenvalue weighted by Gasteiger charge is 2.26. The third kappa shape index (κ3) is 3.63. The van der Waals surface area contributed by atoms with Crippen LogP contribution >= 0.6 is 0 Å². The minimum absolute atomic E-state index is 0.0379. The van der Waals surface area contributed by atoms with Gasteiger partial charge in [0, 0.05) is 36.6 Å². The number of benzene rings is 1. The highest BCUT2D eigenvalue weighted by molar-refractivity contribution is 6.05. The summed E-state index contributed by atoms with van der Waals surface area (Å²) >= 11 is 0. The maximum atomic E-state index is 13.0. The molecule has 1 amide bonds. The zero-order chi connectivity index (χ0) is 21.4. The average molecular weight is 406 g/mol. The number of nitrogens with zero attached hydrogens (tertiary/aromatic N) is 5. The van der Waals surface area contributed by atoms with Gasteiger partial charge in [-0.05, 0) is 43.9 Å². The Balaban J connectivity index is 1.72. The third-order valence-corrected chi connectivity index (χ3v) is 5.49. The van der Waals surface area contributed by atoms with Crippen LogP contribution in [0.25, 0.3) is 22.0 Å². The molecule has 8 heteroatoms. The van der Waals surface area contributed by atoms with E-state index in [1.807, 2.05) is 30.7 Å². The van der Waals surface area contributed by atoms with E-state index in [1.165, 1.54) is 0 Å². The molecular weight excluding hydrogens is 380 g/mol. The Morgan fingerprint density at radius 2 is 2.20 bits per heavy atom. The highest BCUT2D eigenvalue weighted by atomic mass is 16.5. The predicted octanol–water partition coefficient (Wildman–Crippen LogP) is 3.25. The number of carbonyl (C=O) groups excluding carboxylic acids is 1. The molecular formula is C22H26N6O2. The second kappa shape index (κ2) is 7.82. The summed E-state index contributed by atoms with van der Waals surface area (Å²) < 4.78 is 7.24. The van der Waals surface area contributed by atoms with E-state index in [1.54, 1.807) is 4.90 Å². The van der Waals surface area contributed by atoms with Gasteiger partial charge in [-0.1, -0.05) is 25.1 Å². The molecule has 2 aromatic heterocycles. The second-order valence-electron chi connectivity index (χ2n) is 8.36. The van der Waals surface area contributed by atoms with E-state index in [4.69, 9.17) is 9.78 Å². The molecule has 1 fully saturated rings. The van der Waals surface area contributed by atoms with Gasteiger partial charge in [-0.2, -0.15) is 10.4 Å². The summed E-state index contributed by atoms with van der Waals surface area (Å²) in [6.45, 7) is 10.00. The quantitative estimate of drug-likeness (QED) is 0.653. The molecule has 30 heavy (non-hydrogen) atoms. The summed E-state index contributed by atoms with van der Waals surface area (Å²) in [6, 6.07) is 5.95. The maximum absolute atomic E-state index is 13.0. The number of amides is 1. The lowest BCUT2D eigenvalue weighted by Gasteiger charge is -2.11. The topological polar surface area (TPSA) is 100.0 Å². The van der Waals surface area contributed by atoms with Crippen LogP contribution in [-0.2, 0) is 6.54 Å². The maximum Gasteiger partial charge on any atom is 0.272 e. The van der Waals surface area contributed by atoms with Gasteiger partial charge in [0.15, 0.2) is 11.9 Å². The predicted molar refractivity (Wildman–Crippen MR) is 113 cm³/mol. The molecule has 3 aromatic rings. The van der Waals surface area contributed by atoms with Crippen LogP contribution in [0.5, 0.6) is 0 Å². The molecule has 1 aromatic carbocycles. The molecule has 1 saturated heterocycles. The Hall–Kier alpha value is -3.34. The van der Waals surface area contributed by atoms with Gasteiger partial charge in [-0.3, -0.25) is 9.48 Å². The monoisotopic (exact) mass is 406 g/mol. The van der Waals surface area contributed by atoms with Gasteiger partial charge in [0.25, 0.3) is 5.91 Å². The number of aryl methyl sites for hydroxylation is 2. The molecule has 0 unspecified atom stereocenters. The number of rotatable bonds is 5. The molecule has 1 aliphatic heterocycles. The van der Waals surface area contributed by atoms with Crippen LogP contribution in [0, 0.1) is 31.2 Å². The molecule has 156 valence electrons. The Morgan fingerprint density at radius 1 is 1.40 bits per heavy atom. The third-order valence-electron chi connectivity index (χ3n) is 5.49. The van der Waals surface area contributed by atoms with E-state index in [-0.39, 0.29) is 11.9 Å². The van der Waals surface area contributed by atoms with Gasteiger partial charge < -0.3 is 14.7 Å². The number of hydrogen-bond donors (Lipinski definition) is 1. The summed E-state index contributed by atoms with van der Waals surface area (Å²) in [6.07, 6.45) is 2.90. The van der Waals surface area contributed by atoms with Crippen molar-refractivity contribution in [1.29, 1.82) is 5.26 Å². The normalized spacial score (nSPS) is 16.4. The molecule has 1 aliphatic rings. The lowest BCUT2D eigenvalue weighted by molar-refractivity contribution is 0.0934. The number of likely N-dealkylation sites (tertiary alicyclic amines) is 1. The SMILES string of the molecule is Cc1noc(C)c1-c1ccc2c(C(=O)N[C@@H]3CCN(C#N)C3)nn(CC(C)C)c2c1. The molecule has 1 N–H and O–H groups in total. The number of fused-ring (bicyclic) bond motifs is 1. The van der Waals surface area contributed by atoms with E-state index >= 15 is 0 Å². The number of nitriles is 1.